The molecule has 75 heavy (non-hydrogen) atoms. The van der Waals surface area contributed by atoms with E-state index in [1.165, 1.54) is 40.6 Å². The number of amides is 1. The molecule has 11 rings (SSSR count). The number of aromatic nitrogens is 3. The number of esters is 4. The van der Waals surface area contributed by atoms with Crippen molar-refractivity contribution in [3.63, 3.8) is 0 Å². The third kappa shape index (κ3) is 9.47. The molecular formula is C55H64N6O14. The fourth-order valence-corrected chi connectivity index (χ4v) is 12.6. The van der Waals surface area contributed by atoms with Gasteiger partial charge in [-0.2, -0.15) is 0 Å². The van der Waals surface area contributed by atoms with Crippen LogP contribution in [0.1, 0.15) is 108 Å². The van der Waals surface area contributed by atoms with Gasteiger partial charge in [0.25, 0.3) is 5.91 Å². The van der Waals surface area contributed by atoms with Crippen LogP contribution in [-0.4, -0.2) is 146 Å². The lowest BCUT2D eigenvalue weighted by molar-refractivity contribution is -0.309. The van der Waals surface area contributed by atoms with Crippen molar-refractivity contribution in [1.82, 2.24) is 19.9 Å². The van der Waals surface area contributed by atoms with E-state index in [2.05, 4.69) is 44.4 Å². The monoisotopic (exact) mass is 1030 g/mol. The lowest BCUT2D eigenvalue weighted by atomic mass is 9.70. The van der Waals surface area contributed by atoms with Gasteiger partial charge in [0.15, 0.2) is 24.6 Å². The summed E-state index contributed by atoms with van der Waals surface area (Å²) in [5.74, 6) is -1.06. The van der Waals surface area contributed by atoms with Gasteiger partial charge in [0, 0.05) is 99.5 Å². The van der Waals surface area contributed by atoms with Gasteiger partial charge in [0.05, 0.1) is 44.9 Å². The van der Waals surface area contributed by atoms with Crippen LogP contribution in [0.15, 0.2) is 42.6 Å². The summed E-state index contributed by atoms with van der Waals surface area (Å²) in [6, 6.07) is 12.9. The van der Waals surface area contributed by atoms with Crippen molar-refractivity contribution in [2.45, 2.75) is 128 Å². The maximum Gasteiger partial charge on any atom is 0.303 e. The number of aryl methyl sites for hydroxylation is 2. The number of carbonyl (C=O) groups excluding carboxylic acids is 5. The van der Waals surface area contributed by atoms with Crippen molar-refractivity contribution < 1.29 is 66.6 Å². The average molecular weight is 1030 g/mol. The molecule has 0 aliphatic carbocycles. The molecule has 5 unspecified atom stereocenters. The van der Waals surface area contributed by atoms with E-state index in [0.717, 1.165) is 127 Å². The van der Waals surface area contributed by atoms with E-state index in [0.29, 0.717) is 24.3 Å². The molecule has 7 aliphatic heterocycles. The van der Waals surface area contributed by atoms with Crippen LogP contribution in [0.2, 0.25) is 0 Å². The SMILES string of the molecule is CC(=O)OCC1OC(OCCOCCOCCc2cn(CN3C(=O)c4ccccc4C34c3cc5c6c(c3Oc3c4cc4c7c3CCCN7CCC4)CCCN6CCC5)nn2)C(OC(C)=O)C(OC(C)=O)C1OC(C)=O. The van der Waals surface area contributed by atoms with Gasteiger partial charge in [-0.1, -0.05) is 23.4 Å². The lowest BCUT2D eigenvalue weighted by Crippen LogP contribution is -2.63. The van der Waals surface area contributed by atoms with E-state index >= 15 is 4.79 Å². The Morgan fingerprint density at radius 2 is 1.25 bits per heavy atom. The minimum absolute atomic E-state index is 0.0448. The van der Waals surface area contributed by atoms with Crippen molar-refractivity contribution in [3.8, 4) is 11.5 Å². The van der Waals surface area contributed by atoms with Crippen LogP contribution in [0, 0.1) is 0 Å². The molecule has 1 amide bonds. The van der Waals surface area contributed by atoms with Crippen LogP contribution in [0.4, 0.5) is 11.4 Å². The van der Waals surface area contributed by atoms with Crippen LogP contribution in [0.3, 0.4) is 0 Å². The summed E-state index contributed by atoms with van der Waals surface area (Å²) in [6.07, 6.45) is 4.02. The highest BCUT2D eigenvalue weighted by molar-refractivity contribution is 6.02. The number of rotatable bonds is 17. The predicted octanol–water partition coefficient (Wildman–Crippen LogP) is 4.86. The van der Waals surface area contributed by atoms with Gasteiger partial charge in [-0.15, -0.1) is 5.10 Å². The van der Waals surface area contributed by atoms with E-state index in [-0.39, 0.29) is 45.6 Å². The van der Waals surface area contributed by atoms with E-state index in [1.54, 1.807) is 4.68 Å². The number of carbonyl (C=O) groups is 5. The van der Waals surface area contributed by atoms with E-state index in [4.69, 9.17) is 42.6 Å². The molecule has 8 heterocycles. The highest BCUT2D eigenvalue weighted by Gasteiger charge is 2.59. The lowest BCUT2D eigenvalue weighted by Gasteiger charge is -2.48. The Labute approximate surface area is 434 Å². The molecule has 7 aliphatic rings. The number of ether oxygens (including phenoxy) is 9. The minimum Gasteiger partial charge on any atom is -0.463 e. The molecule has 0 bridgehead atoms. The third-order valence-electron chi connectivity index (χ3n) is 15.3. The van der Waals surface area contributed by atoms with Crippen LogP contribution in [-0.2, 0) is 101 Å². The summed E-state index contributed by atoms with van der Waals surface area (Å²) in [5.41, 5.74) is 11.3. The summed E-state index contributed by atoms with van der Waals surface area (Å²) in [5, 5.41) is 9.15. The van der Waals surface area contributed by atoms with Crippen molar-refractivity contribution in [1.29, 1.82) is 0 Å². The Balaban J connectivity index is 0.772. The average Bonchev–Trinajstić information content (AvgIpc) is 4.01. The van der Waals surface area contributed by atoms with Crippen LogP contribution < -0.4 is 14.5 Å². The molecule has 20 nitrogen and oxygen atoms in total. The first-order valence-electron chi connectivity index (χ1n) is 26.3. The zero-order chi connectivity index (χ0) is 52.0. The fraction of sp³-hybridized carbons (Fsp3) is 0.545. The summed E-state index contributed by atoms with van der Waals surface area (Å²) in [7, 11) is 0. The topological polar surface area (TPSA) is 209 Å². The zero-order valence-corrected chi connectivity index (χ0v) is 43.0. The second-order valence-electron chi connectivity index (χ2n) is 20.3. The Kier molecular flexibility index (Phi) is 14.3. The predicted molar refractivity (Wildman–Crippen MR) is 266 cm³/mol. The molecule has 1 saturated heterocycles. The first-order valence-corrected chi connectivity index (χ1v) is 26.3. The van der Waals surface area contributed by atoms with E-state index in [1.807, 2.05) is 23.2 Å². The Morgan fingerprint density at radius 3 is 1.88 bits per heavy atom. The molecule has 0 N–H and O–H groups in total. The van der Waals surface area contributed by atoms with Crippen molar-refractivity contribution >= 4 is 41.2 Å². The van der Waals surface area contributed by atoms with E-state index < -0.39 is 60.1 Å². The number of hydrogen-bond donors (Lipinski definition) is 0. The maximum atomic E-state index is 15.2. The number of hydrogen-bond acceptors (Lipinski definition) is 18. The number of anilines is 2. The number of nitrogens with zero attached hydrogens (tertiary/aromatic N) is 6. The Bertz CT molecular complexity index is 2800. The van der Waals surface area contributed by atoms with Gasteiger partial charge >= 0.3 is 23.9 Å². The van der Waals surface area contributed by atoms with Gasteiger partial charge in [0.1, 0.15) is 36.4 Å². The number of fused-ring (bicyclic) bond motifs is 8. The molecule has 5 atom stereocenters. The summed E-state index contributed by atoms with van der Waals surface area (Å²) in [4.78, 5) is 70.4. The standard InChI is InChI=1S/C55H64N6O14/c1-32(62)70-30-45-50(71-33(2)63)51(72-34(3)64)52(73-35(4)65)54(74-45)69-26-25-68-24-23-67-22-17-38-29-60(57-56-38)31-61-53(66)39-13-5-6-16-42(39)55(61)43-27-36-11-7-18-58-20-9-14-40(46(36)58)48(43)75-49-41-15-10-21-59-19-8-12-37(47(41)59)28-44(49)55/h5-6,13,16,27-29,45,50-52,54H,7-12,14-15,17-26,30-31H2,1-4H3. The smallest absolute Gasteiger partial charge is 0.303 e. The molecule has 1 aromatic heterocycles. The Morgan fingerprint density at radius 1 is 0.680 bits per heavy atom. The second-order valence-corrected chi connectivity index (χ2v) is 20.3. The molecule has 1 fully saturated rings. The molecule has 3 aromatic carbocycles. The van der Waals surface area contributed by atoms with Crippen LogP contribution in [0.5, 0.6) is 11.5 Å². The third-order valence-corrected chi connectivity index (χ3v) is 15.3. The fourth-order valence-electron chi connectivity index (χ4n) is 12.6. The van der Waals surface area contributed by atoms with Crippen molar-refractivity contribution in [3.05, 3.63) is 92.8 Å². The molecule has 398 valence electrons. The summed E-state index contributed by atoms with van der Waals surface area (Å²) >= 11 is 0. The van der Waals surface area contributed by atoms with Gasteiger partial charge in [0.2, 0.25) is 0 Å². The van der Waals surface area contributed by atoms with Crippen molar-refractivity contribution in [2.75, 3.05) is 75.6 Å². The van der Waals surface area contributed by atoms with Crippen LogP contribution >= 0.6 is 0 Å². The van der Waals surface area contributed by atoms with Crippen molar-refractivity contribution in [2.24, 2.45) is 0 Å². The number of benzene rings is 3. The molecule has 1 spiro atoms. The van der Waals surface area contributed by atoms with E-state index in [9.17, 15) is 19.2 Å². The first kappa shape index (κ1) is 50.5. The first-order chi connectivity index (χ1) is 36.4. The maximum absolute atomic E-state index is 15.2. The van der Waals surface area contributed by atoms with Crippen LogP contribution in [0.25, 0.3) is 0 Å². The molecule has 4 aromatic rings. The minimum atomic E-state index is -1.34. The highest BCUT2D eigenvalue weighted by Crippen LogP contribution is 2.63. The highest BCUT2D eigenvalue weighted by atomic mass is 16.7. The Hall–Kier alpha value is -6.61. The van der Waals surface area contributed by atoms with Gasteiger partial charge in [-0.3, -0.25) is 24.0 Å². The molecular weight excluding hydrogens is 969 g/mol. The molecule has 0 saturated carbocycles. The zero-order valence-electron chi connectivity index (χ0n) is 43.0. The summed E-state index contributed by atoms with van der Waals surface area (Å²) < 4.78 is 54.3. The molecule has 0 radical (unpaired) electrons. The molecule has 20 heteroatoms. The normalized spacial score (nSPS) is 22.5. The quantitative estimate of drug-likeness (QED) is 0.0786. The van der Waals surface area contributed by atoms with Gasteiger partial charge in [-0.05, 0) is 86.3 Å². The van der Waals surface area contributed by atoms with Gasteiger partial charge < -0.3 is 57.3 Å². The largest absolute Gasteiger partial charge is 0.463 e. The van der Waals surface area contributed by atoms with Gasteiger partial charge in [-0.25, -0.2) is 4.68 Å². The summed E-state index contributed by atoms with van der Waals surface area (Å²) in [6.45, 7) is 9.45. The second kappa shape index (κ2) is 21.2.